The maximum atomic E-state index is 6.14. The molecule has 0 saturated carbocycles. The van der Waals surface area contributed by atoms with Gasteiger partial charge in [0.25, 0.3) is 0 Å². The highest BCUT2D eigenvalue weighted by molar-refractivity contribution is 7.59. The molecule has 2 rings (SSSR count). The molecule has 1 N–H and O–H groups in total. The van der Waals surface area contributed by atoms with E-state index in [9.17, 15) is 0 Å². The molecule has 0 amide bonds. The molecule has 0 aliphatic rings. The fourth-order valence-corrected chi connectivity index (χ4v) is 3.07. The summed E-state index contributed by atoms with van der Waals surface area (Å²) in [7, 11) is 1.09. The Labute approximate surface area is 116 Å². The highest BCUT2D eigenvalue weighted by Gasteiger charge is 2.13. The minimum absolute atomic E-state index is 0.841. The van der Waals surface area contributed by atoms with Gasteiger partial charge in [-0.25, -0.2) is 0 Å². The topological polar surface area (TPSA) is 21.3 Å². The summed E-state index contributed by atoms with van der Waals surface area (Å²) < 4.78 is 6.14. The van der Waals surface area contributed by atoms with E-state index in [1.165, 1.54) is 5.30 Å². The van der Waals surface area contributed by atoms with E-state index in [0.29, 0.717) is 0 Å². The second-order valence-electron chi connectivity index (χ2n) is 3.96. The third-order valence-electron chi connectivity index (χ3n) is 2.70. The summed E-state index contributed by atoms with van der Waals surface area (Å²) in [5, 5.41) is 4.43. The summed E-state index contributed by atoms with van der Waals surface area (Å²) in [5.74, 6) is 0.907. The average Bonchev–Trinajstić information content (AvgIpc) is 2.50. The number of hydrogen-bond donors (Lipinski definition) is 1. The summed E-state index contributed by atoms with van der Waals surface area (Å²) in [6.07, 6.45) is 2.00. The zero-order chi connectivity index (χ0) is 13.5. The van der Waals surface area contributed by atoms with Crippen LogP contribution in [0.4, 0.5) is 0 Å². The van der Waals surface area contributed by atoms with Crippen molar-refractivity contribution in [1.82, 2.24) is 5.09 Å². The van der Waals surface area contributed by atoms with Gasteiger partial charge in [0.2, 0.25) is 0 Å². The number of nitrogens with one attached hydrogen (secondary N) is 1. The Morgan fingerprint density at radius 3 is 2.11 bits per heavy atom. The van der Waals surface area contributed by atoms with Crippen molar-refractivity contribution in [1.29, 1.82) is 0 Å². The first-order valence-corrected chi connectivity index (χ1v) is 7.53. The molecule has 0 spiro atoms. The number of benzene rings is 2. The largest absolute Gasteiger partial charge is 0.454 e. The van der Waals surface area contributed by atoms with Crippen molar-refractivity contribution < 1.29 is 4.52 Å². The second kappa shape index (κ2) is 7.08. The van der Waals surface area contributed by atoms with Gasteiger partial charge in [-0.2, -0.15) is 0 Å². The Balaban J connectivity index is 2.18. The highest BCUT2D eigenvalue weighted by Crippen LogP contribution is 2.36. The zero-order valence-electron chi connectivity index (χ0n) is 11.2. The van der Waals surface area contributed by atoms with E-state index in [-0.39, 0.29) is 0 Å². The monoisotopic (exact) mass is 271 g/mol. The first-order valence-electron chi connectivity index (χ1n) is 6.27. The molecule has 1 atom stereocenters. The fraction of sp³-hybridized carbons (Fsp3) is 0.125. The van der Waals surface area contributed by atoms with Crippen LogP contribution in [0.2, 0.25) is 0 Å². The van der Waals surface area contributed by atoms with Gasteiger partial charge in [0, 0.05) is 10.9 Å². The summed E-state index contributed by atoms with van der Waals surface area (Å²) in [6, 6.07) is 20.4. The quantitative estimate of drug-likeness (QED) is 0.657. The SMILES string of the molecule is C/C=C(/O[P@@](NC)c1ccccc1)c1ccccc1. The van der Waals surface area contributed by atoms with Gasteiger partial charge in [-0.3, -0.25) is 5.09 Å². The van der Waals surface area contributed by atoms with Crippen molar-refractivity contribution in [2.24, 2.45) is 0 Å². The Morgan fingerprint density at radius 2 is 1.58 bits per heavy atom. The van der Waals surface area contributed by atoms with Gasteiger partial charge >= 0.3 is 0 Å². The van der Waals surface area contributed by atoms with E-state index >= 15 is 0 Å². The van der Waals surface area contributed by atoms with Crippen LogP contribution in [0.25, 0.3) is 5.76 Å². The number of hydrogen-bond acceptors (Lipinski definition) is 2. The molecule has 0 bridgehead atoms. The molecule has 0 aliphatic carbocycles. The van der Waals surface area contributed by atoms with Gasteiger partial charge in [-0.1, -0.05) is 48.5 Å². The lowest BCUT2D eigenvalue weighted by Crippen LogP contribution is -2.12. The van der Waals surface area contributed by atoms with Crippen LogP contribution < -0.4 is 10.4 Å². The van der Waals surface area contributed by atoms with Crippen molar-refractivity contribution in [3.63, 3.8) is 0 Å². The molecule has 0 heterocycles. The van der Waals surface area contributed by atoms with Crippen LogP contribution in [0.5, 0.6) is 0 Å². The molecule has 98 valence electrons. The van der Waals surface area contributed by atoms with Gasteiger partial charge < -0.3 is 4.52 Å². The standard InChI is InChI=1S/C16H18NOP/c1-3-16(14-10-6-4-7-11-14)18-19(17-2)15-12-8-5-9-13-15/h3-13,17H,1-2H3/b16-3+/t19-/m1/s1. The number of rotatable bonds is 5. The van der Waals surface area contributed by atoms with Crippen molar-refractivity contribution in [3.05, 3.63) is 72.3 Å². The maximum Gasteiger partial charge on any atom is 0.193 e. The van der Waals surface area contributed by atoms with E-state index in [1.807, 2.05) is 56.4 Å². The van der Waals surface area contributed by atoms with Crippen LogP contribution in [-0.4, -0.2) is 7.05 Å². The third kappa shape index (κ3) is 3.66. The average molecular weight is 271 g/mol. The third-order valence-corrected chi connectivity index (χ3v) is 4.26. The van der Waals surface area contributed by atoms with Gasteiger partial charge in [-0.05, 0) is 32.2 Å². The minimum Gasteiger partial charge on any atom is -0.454 e. The van der Waals surface area contributed by atoms with Crippen LogP contribution in [0.15, 0.2) is 66.7 Å². The van der Waals surface area contributed by atoms with Crippen LogP contribution in [-0.2, 0) is 4.52 Å². The van der Waals surface area contributed by atoms with Crippen molar-refractivity contribution in [2.45, 2.75) is 6.92 Å². The zero-order valence-corrected chi connectivity index (χ0v) is 12.1. The van der Waals surface area contributed by atoms with Gasteiger partial charge in [0.1, 0.15) is 5.76 Å². The van der Waals surface area contributed by atoms with E-state index in [0.717, 1.165) is 11.3 Å². The molecule has 2 aromatic rings. The molecular weight excluding hydrogens is 253 g/mol. The number of allylic oxidation sites excluding steroid dienone is 1. The Morgan fingerprint density at radius 1 is 1.00 bits per heavy atom. The normalized spacial score (nSPS) is 13.1. The van der Waals surface area contributed by atoms with Crippen molar-refractivity contribution in [3.8, 4) is 0 Å². The molecule has 0 radical (unpaired) electrons. The van der Waals surface area contributed by atoms with Crippen molar-refractivity contribution >= 4 is 19.4 Å². The Kier molecular flexibility index (Phi) is 5.14. The van der Waals surface area contributed by atoms with E-state index < -0.39 is 8.30 Å². The summed E-state index contributed by atoms with van der Waals surface area (Å²) in [5.41, 5.74) is 1.10. The summed E-state index contributed by atoms with van der Waals surface area (Å²) in [4.78, 5) is 0. The highest BCUT2D eigenvalue weighted by atomic mass is 31.2. The van der Waals surface area contributed by atoms with E-state index in [2.05, 4.69) is 29.4 Å². The van der Waals surface area contributed by atoms with Crippen molar-refractivity contribution in [2.75, 3.05) is 7.05 Å². The first-order chi connectivity index (χ1) is 9.35. The van der Waals surface area contributed by atoms with Gasteiger partial charge in [0.05, 0.1) is 0 Å². The molecular formula is C16H18NOP. The molecule has 3 heteroatoms. The van der Waals surface area contributed by atoms with E-state index in [1.54, 1.807) is 0 Å². The van der Waals surface area contributed by atoms with Crippen LogP contribution in [0.1, 0.15) is 12.5 Å². The molecule has 0 aliphatic heterocycles. The van der Waals surface area contributed by atoms with Crippen LogP contribution in [0, 0.1) is 0 Å². The predicted molar refractivity (Wildman–Crippen MR) is 83.2 cm³/mol. The smallest absolute Gasteiger partial charge is 0.193 e. The minimum atomic E-state index is -0.841. The predicted octanol–water partition coefficient (Wildman–Crippen LogP) is 3.92. The Bertz CT molecular complexity index is 525. The molecule has 0 aromatic heterocycles. The Hall–Kier alpha value is -1.63. The molecule has 0 saturated heterocycles. The lowest BCUT2D eigenvalue weighted by Gasteiger charge is -2.19. The molecule has 2 aromatic carbocycles. The molecule has 2 nitrogen and oxygen atoms in total. The lowest BCUT2D eigenvalue weighted by atomic mass is 10.2. The first kappa shape index (κ1) is 13.8. The maximum absolute atomic E-state index is 6.14. The van der Waals surface area contributed by atoms with Gasteiger partial charge in [-0.15, -0.1) is 0 Å². The lowest BCUT2D eigenvalue weighted by molar-refractivity contribution is 0.570. The molecule has 0 unspecified atom stereocenters. The summed E-state index contributed by atoms with van der Waals surface area (Å²) in [6.45, 7) is 2.00. The second-order valence-corrected chi connectivity index (χ2v) is 5.70. The van der Waals surface area contributed by atoms with Crippen LogP contribution >= 0.6 is 8.30 Å². The summed E-state index contributed by atoms with van der Waals surface area (Å²) >= 11 is 0. The molecule has 19 heavy (non-hydrogen) atoms. The van der Waals surface area contributed by atoms with E-state index in [4.69, 9.17) is 4.52 Å². The van der Waals surface area contributed by atoms with Crippen LogP contribution in [0.3, 0.4) is 0 Å². The fourth-order valence-electron chi connectivity index (χ4n) is 1.76. The van der Waals surface area contributed by atoms with Gasteiger partial charge in [0.15, 0.2) is 8.30 Å². The molecule has 0 fully saturated rings.